The van der Waals surface area contributed by atoms with Crippen LogP contribution in [0.1, 0.15) is 44.0 Å². The first-order valence-electron chi connectivity index (χ1n) is 7.09. The van der Waals surface area contributed by atoms with Gasteiger partial charge >= 0.3 is 0 Å². The van der Waals surface area contributed by atoms with Gasteiger partial charge in [0.1, 0.15) is 17.5 Å². The minimum atomic E-state index is 0.226. The normalized spacial score (nSPS) is 27.6. The number of nitrogen functional groups attached to an aromatic ring is 1. The second-order valence-electron chi connectivity index (χ2n) is 5.85. The minimum Gasteiger partial charge on any atom is -0.383 e. The lowest BCUT2D eigenvalue weighted by atomic mass is 10.2. The molecule has 0 spiro atoms. The summed E-state index contributed by atoms with van der Waals surface area (Å²) >= 11 is 0. The van der Waals surface area contributed by atoms with Crippen molar-refractivity contribution >= 4 is 11.6 Å². The van der Waals surface area contributed by atoms with E-state index in [1.807, 2.05) is 6.92 Å². The zero-order valence-electron chi connectivity index (χ0n) is 11.9. The van der Waals surface area contributed by atoms with E-state index in [-0.39, 0.29) is 12.2 Å². The first-order chi connectivity index (χ1) is 9.04. The van der Waals surface area contributed by atoms with E-state index >= 15 is 0 Å². The van der Waals surface area contributed by atoms with Crippen LogP contribution in [0.4, 0.5) is 11.6 Å². The molecular formula is C14H22N4O. The lowest BCUT2D eigenvalue weighted by Crippen LogP contribution is -2.46. The molecule has 0 unspecified atom stereocenters. The Labute approximate surface area is 114 Å². The van der Waals surface area contributed by atoms with Crippen LogP contribution >= 0.6 is 0 Å². The van der Waals surface area contributed by atoms with E-state index in [0.29, 0.717) is 11.7 Å². The Kier molecular flexibility index (Phi) is 3.09. The zero-order valence-corrected chi connectivity index (χ0v) is 11.9. The van der Waals surface area contributed by atoms with E-state index in [4.69, 9.17) is 15.5 Å². The molecule has 1 aromatic rings. The van der Waals surface area contributed by atoms with Gasteiger partial charge in [-0.1, -0.05) is 0 Å². The van der Waals surface area contributed by atoms with Crippen LogP contribution in [0.5, 0.6) is 0 Å². The molecule has 1 aliphatic carbocycles. The monoisotopic (exact) mass is 262 g/mol. The highest BCUT2D eigenvalue weighted by Gasteiger charge is 2.30. The maximum absolute atomic E-state index is 6.05. The number of rotatable bonds is 2. The molecule has 1 aliphatic heterocycles. The highest BCUT2D eigenvalue weighted by Crippen LogP contribution is 2.39. The third kappa shape index (κ3) is 2.52. The Balaban J connectivity index is 1.94. The van der Waals surface area contributed by atoms with Crippen molar-refractivity contribution in [2.45, 2.75) is 51.7 Å². The summed E-state index contributed by atoms with van der Waals surface area (Å²) in [6.45, 7) is 7.94. The summed E-state index contributed by atoms with van der Waals surface area (Å²) in [5, 5.41) is 0. The summed E-state index contributed by atoms with van der Waals surface area (Å²) in [6.07, 6.45) is 2.84. The molecule has 2 heterocycles. The van der Waals surface area contributed by atoms with Crippen LogP contribution in [0, 0.1) is 6.92 Å². The van der Waals surface area contributed by atoms with E-state index in [1.165, 1.54) is 12.8 Å². The molecule has 0 amide bonds. The maximum Gasteiger partial charge on any atom is 0.137 e. The van der Waals surface area contributed by atoms with Gasteiger partial charge in [0, 0.05) is 24.6 Å². The number of anilines is 2. The number of hydrogen-bond acceptors (Lipinski definition) is 5. The molecule has 5 heteroatoms. The van der Waals surface area contributed by atoms with Crippen LogP contribution in [-0.2, 0) is 4.74 Å². The predicted molar refractivity (Wildman–Crippen MR) is 75.4 cm³/mol. The SMILES string of the molecule is Cc1c(N)nc(C2CC2)nc1N1C[C@@H](C)O[C@@H](C)C1. The van der Waals surface area contributed by atoms with E-state index in [0.717, 1.165) is 30.3 Å². The Morgan fingerprint density at radius 2 is 1.79 bits per heavy atom. The van der Waals surface area contributed by atoms with Crippen molar-refractivity contribution < 1.29 is 4.74 Å². The highest BCUT2D eigenvalue weighted by atomic mass is 16.5. The molecule has 1 saturated heterocycles. The first-order valence-corrected chi connectivity index (χ1v) is 7.09. The Morgan fingerprint density at radius 3 is 2.37 bits per heavy atom. The standard InChI is InChI=1S/C14H22N4O/c1-8-6-18(7-9(2)19-8)14-10(3)12(15)16-13(17-14)11-4-5-11/h8-9,11H,4-7H2,1-3H3,(H2,15,16,17)/t8-,9+. The van der Waals surface area contributed by atoms with E-state index in [9.17, 15) is 0 Å². The summed E-state index contributed by atoms with van der Waals surface area (Å²) < 4.78 is 5.78. The van der Waals surface area contributed by atoms with Crippen molar-refractivity contribution in [1.29, 1.82) is 0 Å². The number of aromatic nitrogens is 2. The van der Waals surface area contributed by atoms with E-state index in [1.54, 1.807) is 0 Å². The van der Waals surface area contributed by atoms with Crippen LogP contribution in [-0.4, -0.2) is 35.3 Å². The summed E-state index contributed by atoms with van der Waals surface area (Å²) in [4.78, 5) is 11.5. The minimum absolute atomic E-state index is 0.226. The molecule has 1 saturated carbocycles. The molecular weight excluding hydrogens is 240 g/mol. The first kappa shape index (κ1) is 12.7. The van der Waals surface area contributed by atoms with E-state index < -0.39 is 0 Å². The molecule has 2 fully saturated rings. The average molecular weight is 262 g/mol. The molecule has 0 radical (unpaired) electrons. The quantitative estimate of drug-likeness (QED) is 0.881. The lowest BCUT2D eigenvalue weighted by molar-refractivity contribution is -0.00550. The van der Waals surface area contributed by atoms with Crippen LogP contribution in [0.3, 0.4) is 0 Å². The number of nitrogens with zero attached hydrogens (tertiary/aromatic N) is 3. The molecule has 2 aliphatic rings. The molecule has 2 atom stereocenters. The van der Waals surface area contributed by atoms with Gasteiger partial charge in [-0.25, -0.2) is 9.97 Å². The van der Waals surface area contributed by atoms with Gasteiger partial charge in [-0.05, 0) is 33.6 Å². The van der Waals surface area contributed by atoms with Crippen molar-refractivity contribution in [2.75, 3.05) is 23.7 Å². The van der Waals surface area contributed by atoms with Gasteiger partial charge < -0.3 is 15.4 Å². The second kappa shape index (κ2) is 4.63. The summed E-state index contributed by atoms with van der Waals surface area (Å²) in [5.74, 6) is 3.07. The highest BCUT2D eigenvalue weighted by molar-refractivity contribution is 5.57. The molecule has 3 rings (SSSR count). The summed E-state index contributed by atoms with van der Waals surface area (Å²) in [7, 11) is 0. The van der Waals surface area contributed by atoms with Crippen molar-refractivity contribution in [3.05, 3.63) is 11.4 Å². The van der Waals surface area contributed by atoms with Gasteiger partial charge in [-0.15, -0.1) is 0 Å². The number of ether oxygens (including phenoxy) is 1. The predicted octanol–water partition coefficient (Wildman–Crippen LogP) is 1.86. The molecule has 1 aromatic heterocycles. The van der Waals surface area contributed by atoms with Gasteiger partial charge in [-0.3, -0.25) is 0 Å². The zero-order chi connectivity index (χ0) is 13.6. The maximum atomic E-state index is 6.05. The van der Waals surface area contributed by atoms with Crippen molar-refractivity contribution in [3.8, 4) is 0 Å². The summed E-state index contributed by atoms with van der Waals surface area (Å²) in [6, 6.07) is 0. The topological polar surface area (TPSA) is 64.3 Å². The third-order valence-corrected chi connectivity index (χ3v) is 3.84. The molecule has 2 N–H and O–H groups in total. The van der Waals surface area contributed by atoms with Gasteiger partial charge in [0.05, 0.1) is 12.2 Å². The Hall–Kier alpha value is -1.36. The van der Waals surface area contributed by atoms with Crippen LogP contribution in [0.2, 0.25) is 0 Å². The number of hydrogen-bond donors (Lipinski definition) is 1. The lowest BCUT2D eigenvalue weighted by Gasteiger charge is -2.37. The Morgan fingerprint density at radius 1 is 1.16 bits per heavy atom. The van der Waals surface area contributed by atoms with Crippen molar-refractivity contribution in [2.24, 2.45) is 0 Å². The fourth-order valence-electron chi connectivity index (χ4n) is 2.72. The van der Waals surface area contributed by atoms with Crippen LogP contribution < -0.4 is 10.6 Å². The fraction of sp³-hybridized carbons (Fsp3) is 0.714. The van der Waals surface area contributed by atoms with Crippen molar-refractivity contribution in [3.63, 3.8) is 0 Å². The molecule has 5 nitrogen and oxygen atoms in total. The second-order valence-corrected chi connectivity index (χ2v) is 5.85. The molecule has 19 heavy (non-hydrogen) atoms. The van der Waals surface area contributed by atoms with Gasteiger partial charge in [0.15, 0.2) is 0 Å². The third-order valence-electron chi connectivity index (χ3n) is 3.84. The molecule has 0 bridgehead atoms. The average Bonchev–Trinajstić information content (AvgIpc) is 3.15. The fourth-order valence-corrected chi connectivity index (χ4v) is 2.72. The Bertz CT molecular complexity index is 477. The van der Waals surface area contributed by atoms with Crippen LogP contribution in [0.15, 0.2) is 0 Å². The molecule has 104 valence electrons. The smallest absolute Gasteiger partial charge is 0.137 e. The van der Waals surface area contributed by atoms with Crippen molar-refractivity contribution in [1.82, 2.24) is 9.97 Å². The van der Waals surface area contributed by atoms with Gasteiger partial charge in [0.2, 0.25) is 0 Å². The van der Waals surface area contributed by atoms with Gasteiger partial charge in [0.25, 0.3) is 0 Å². The summed E-state index contributed by atoms with van der Waals surface area (Å²) in [5.41, 5.74) is 7.05. The largest absolute Gasteiger partial charge is 0.383 e. The van der Waals surface area contributed by atoms with E-state index in [2.05, 4.69) is 23.7 Å². The number of nitrogens with two attached hydrogens (primary N) is 1. The van der Waals surface area contributed by atoms with Crippen LogP contribution in [0.25, 0.3) is 0 Å². The molecule has 0 aromatic carbocycles. The number of morpholine rings is 1. The van der Waals surface area contributed by atoms with Gasteiger partial charge in [-0.2, -0.15) is 0 Å².